The number of aliphatic carboxylic acids is 1. The Morgan fingerprint density at radius 2 is 1.75 bits per heavy atom. The molecule has 3 aromatic rings. The molecule has 0 saturated heterocycles. The number of carboxylic acid groups (broad SMARTS) is 1. The molecule has 0 spiro atoms. The van der Waals surface area contributed by atoms with E-state index in [9.17, 15) is 24.2 Å². The van der Waals surface area contributed by atoms with E-state index in [1.807, 2.05) is 26.0 Å². The third-order valence-corrected chi connectivity index (χ3v) is 6.18. The van der Waals surface area contributed by atoms with Crippen molar-refractivity contribution in [3.05, 3.63) is 77.1 Å². The number of halogens is 1. The van der Waals surface area contributed by atoms with Gasteiger partial charge in [-0.2, -0.15) is 15.2 Å². The number of phenols is 1. The number of carbonyl (C=O) groups excluding carboxylic acids is 1. The first-order valence-electron chi connectivity index (χ1n) is 11.2. The van der Waals surface area contributed by atoms with Crippen molar-refractivity contribution in [2.45, 2.75) is 33.6 Å². The molecule has 0 saturated carbocycles. The molecule has 1 atom stereocenters. The lowest BCUT2D eigenvalue weighted by Crippen LogP contribution is -2.28. The van der Waals surface area contributed by atoms with E-state index in [4.69, 9.17) is 0 Å². The number of benzene rings is 3. The van der Waals surface area contributed by atoms with E-state index in [-0.39, 0.29) is 22.7 Å². The summed E-state index contributed by atoms with van der Waals surface area (Å²) in [5.41, 5.74) is 6.91. The maximum Gasteiger partial charge on any atom is 0.310 e. The van der Waals surface area contributed by atoms with Gasteiger partial charge in [-0.3, -0.25) is 15.0 Å². The van der Waals surface area contributed by atoms with Gasteiger partial charge in [-0.1, -0.05) is 30.3 Å². The lowest BCUT2D eigenvalue weighted by Gasteiger charge is -2.13. The second-order valence-electron chi connectivity index (χ2n) is 8.67. The van der Waals surface area contributed by atoms with Crippen LogP contribution in [-0.2, 0) is 9.59 Å². The van der Waals surface area contributed by atoms with Crippen LogP contribution in [0.5, 0.6) is 5.75 Å². The van der Waals surface area contributed by atoms with Crippen LogP contribution >= 0.6 is 0 Å². The van der Waals surface area contributed by atoms with Crippen molar-refractivity contribution in [3.63, 3.8) is 0 Å². The van der Waals surface area contributed by atoms with Crippen molar-refractivity contribution in [2.75, 3.05) is 10.4 Å². The van der Waals surface area contributed by atoms with Gasteiger partial charge in [-0.25, -0.2) is 4.39 Å². The van der Waals surface area contributed by atoms with Gasteiger partial charge in [0.1, 0.15) is 17.3 Å². The summed E-state index contributed by atoms with van der Waals surface area (Å²) in [6.45, 7) is 7.11. The molecule has 1 aliphatic rings. The Bertz CT molecular complexity index is 1430. The van der Waals surface area contributed by atoms with Gasteiger partial charge in [-0.15, -0.1) is 0 Å². The molecule has 1 amide bonds. The Morgan fingerprint density at radius 1 is 1.06 bits per heavy atom. The van der Waals surface area contributed by atoms with Crippen molar-refractivity contribution >= 4 is 34.7 Å². The molecule has 0 radical (unpaired) electrons. The van der Waals surface area contributed by atoms with Crippen LogP contribution in [0.15, 0.2) is 64.8 Å². The summed E-state index contributed by atoms with van der Waals surface area (Å²) in [5, 5.41) is 29.7. The van der Waals surface area contributed by atoms with E-state index in [1.165, 1.54) is 5.01 Å². The van der Waals surface area contributed by atoms with Gasteiger partial charge < -0.3 is 10.2 Å². The first-order chi connectivity index (χ1) is 17.1. The Hall–Kier alpha value is -4.53. The molecule has 1 heterocycles. The largest absolute Gasteiger partial charge is 0.505 e. The van der Waals surface area contributed by atoms with Gasteiger partial charge in [0, 0.05) is 11.6 Å². The zero-order valence-electron chi connectivity index (χ0n) is 20.2. The van der Waals surface area contributed by atoms with Crippen molar-refractivity contribution in [1.29, 1.82) is 0 Å². The number of hydrogen-bond donors (Lipinski definition) is 3. The van der Waals surface area contributed by atoms with E-state index in [0.717, 1.165) is 23.3 Å². The van der Waals surface area contributed by atoms with E-state index in [1.54, 1.807) is 44.2 Å². The fourth-order valence-corrected chi connectivity index (χ4v) is 3.77. The average Bonchev–Trinajstić information content (AvgIpc) is 3.13. The van der Waals surface area contributed by atoms with Gasteiger partial charge in [0.15, 0.2) is 5.71 Å². The number of carboxylic acids is 1. The van der Waals surface area contributed by atoms with Crippen molar-refractivity contribution in [1.82, 2.24) is 0 Å². The number of rotatable bonds is 6. The molecular weight excluding hydrogens is 463 g/mol. The standard InChI is InChI=1S/C27H25FN4O4/c1-14-5-10-21(11-15(14)2)32-26(34)24(17(4)31-32)30-29-23-13-20(28)12-22(25(23)33)19-8-6-18(7-9-19)16(3)27(35)36/h5-13,16,29,33H,1-4H3,(H,35,36). The van der Waals surface area contributed by atoms with Crippen LogP contribution in [0.3, 0.4) is 0 Å². The molecule has 1 unspecified atom stereocenters. The first kappa shape index (κ1) is 24.6. The highest BCUT2D eigenvalue weighted by molar-refractivity contribution is 6.71. The highest BCUT2D eigenvalue weighted by Crippen LogP contribution is 2.37. The summed E-state index contributed by atoms with van der Waals surface area (Å²) in [4.78, 5) is 24.2. The van der Waals surface area contributed by atoms with Crippen molar-refractivity contribution < 1.29 is 24.2 Å². The second kappa shape index (κ2) is 9.61. The lowest BCUT2D eigenvalue weighted by molar-refractivity contribution is -0.138. The molecule has 0 aliphatic carbocycles. The number of aryl methyl sites for hydroxylation is 2. The molecule has 1 aliphatic heterocycles. The van der Waals surface area contributed by atoms with Crippen LogP contribution in [0, 0.1) is 19.7 Å². The number of hydrazone groups is 2. The van der Waals surface area contributed by atoms with Gasteiger partial charge in [0.2, 0.25) is 0 Å². The molecule has 0 fully saturated rings. The maximum absolute atomic E-state index is 14.4. The molecule has 0 bridgehead atoms. The number of carbonyl (C=O) groups is 2. The smallest absolute Gasteiger partial charge is 0.310 e. The molecule has 9 heteroatoms. The fourth-order valence-electron chi connectivity index (χ4n) is 3.77. The van der Waals surface area contributed by atoms with Gasteiger partial charge in [0.05, 0.1) is 17.3 Å². The molecule has 4 rings (SSSR count). The third kappa shape index (κ3) is 4.68. The highest BCUT2D eigenvalue weighted by atomic mass is 19.1. The van der Waals surface area contributed by atoms with Crippen LogP contribution in [0.25, 0.3) is 11.1 Å². The minimum absolute atomic E-state index is 0.0328. The third-order valence-electron chi connectivity index (χ3n) is 6.18. The minimum Gasteiger partial charge on any atom is -0.505 e. The monoisotopic (exact) mass is 488 g/mol. The molecular formula is C27H25FN4O4. The summed E-state index contributed by atoms with van der Waals surface area (Å²) >= 11 is 0. The first-order valence-corrected chi connectivity index (χ1v) is 11.2. The Morgan fingerprint density at radius 3 is 2.39 bits per heavy atom. The summed E-state index contributed by atoms with van der Waals surface area (Å²) in [5.74, 6) is -3.02. The van der Waals surface area contributed by atoms with Gasteiger partial charge in [-0.05, 0) is 68.1 Å². The number of phenolic OH excluding ortho intramolecular Hbond substituents is 1. The highest BCUT2D eigenvalue weighted by Gasteiger charge is 2.31. The van der Waals surface area contributed by atoms with Gasteiger partial charge in [0.25, 0.3) is 0 Å². The normalized spacial score (nSPS) is 15.2. The van der Waals surface area contributed by atoms with E-state index < -0.39 is 23.6 Å². The quantitative estimate of drug-likeness (QED) is 0.326. The Balaban J connectivity index is 1.60. The van der Waals surface area contributed by atoms with Crippen LogP contribution in [-0.4, -0.2) is 33.5 Å². The molecule has 184 valence electrons. The summed E-state index contributed by atoms with van der Waals surface area (Å²) in [6, 6.07) is 14.2. The molecule has 3 N–H and O–H groups in total. The summed E-state index contributed by atoms with van der Waals surface area (Å²) < 4.78 is 14.4. The van der Waals surface area contributed by atoms with Crippen LogP contribution in [0.4, 0.5) is 15.8 Å². The molecule has 36 heavy (non-hydrogen) atoms. The van der Waals surface area contributed by atoms with Gasteiger partial charge >= 0.3 is 11.9 Å². The summed E-state index contributed by atoms with van der Waals surface area (Å²) in [6.07, 6.45) is 0. The zero-order valence-corrected chi connectivity index (χ0v) is 20.2. The number of amides is 1. The van der Waals surface area contributed by atoms with E-state index in [2.05, 4.69) is 15.6 Å². The number of hydrogen-bond acceptors (Lipinski definition) is 6. The minimum atomic E-state index is -0.960. The van der Waals surface area contributed by atoms with Crippen LogP contribution in [0.2, 0.25) is 0 Å². The number of nitrogens with zero attached hydrogens (tertiary/aromatic N) is 3. The zero-order chi connectivity index (χ0) is 26.1. The predicted octanol–water partition coefficient (Wildman–Crippen LogP) is 5.19. The lowest BCUT2D eigenvalue weighted by atomic mass is 9.97. The topological polar surface area (TPSA) is 115 Å². The van der Waals surface area contributed by atoms with Crippen molar-refractivity contribution in [3.8, 4) is 16.9 Å². The second-order valence-corrected chi connectivity index (χ2v) is 8.67. The summed E-state index contributed by atoms with van der Waals surface area (Å²) in [7, 11) is 0. The SMILES string of the molecule is CC1=NN(c2ccc(C)c(C)c2)C(=O)C1=NNc1cc(F)cc(-c2ccc(C(C)C(=O)O)cc2)c1O. The Labute approximate surface area is 207 Å². The predicted molar refractivity (Wildman–Crippen MR) is 137 cm³/mol. The molecule has 0 aromatic heterocycles. The fraction of sp³-hybridized carbons (Fsp3) is 0.185. The number of aromatic hydroxyl groups is 1. The average molecular weight is 489 g/mol. The van der Waals surface area contributed by atoms with E-state index >= 15 is 0 Å². The molecule has 8 nitrogen and oxygen atoms in total. The van der Waals surface area contributed by atoms with Crippen molar-refractivity contribution in [2.24, 2.45) is 10.2 Å². The van der Waals surface area contributed by atoms with Crippen LogP contribution < -0.4 is 10.4 Å². The number of nitrogens with one attached hydrogen (secondary N) is 1. The Kier molecular flexibility index (Phi) is 6.57. The number of anilines is 2. The molecule has 3 aromatic carbocycles. The van der Waals surface area contributed by atoms with Crippen LogP contribution in [0.1, 0.15) is 36.5 Å². The maximum atomic E-state index is 14.4. The van der Waals surface area contributed by atoms with E-state index in [0.29, 0.717) is 22.5 Å².